The molecule has 1 aromatic rings. The molecule has 0 radical (unpaired) electrons. The van der Waals surface area contributed by atoms with E-state index in [1.807, 2.05) is 0 Å². The van der Waals surface area contributed by atoms with Gasteiger partial charge in [-0.25, -0.2) is 4.79 Å². The summed E-state index contributed by atoms with van der Waals surface area (Å²) in [6.45, 7) is 0. The number of hydrogen-bond donors (Lipinski definition) is 1. The second kappa shape index (κ2) is 4.35. The number of amides is 1. The zero-order valence-corrected chi connectivity index (χ0v) is 10.4. The fourth-order valence-corrected chi connectivity index (χ4v) is 3.58. The Bertz CT molecular complexity index is 468. The van der Waals surface area contributed by atoms with Crippen LogP contribution in [0.5, 0.6) is 0 Å². The molecule has 2 aliphatic rings. The number of carboxylic acids is 1. The average Bonchev–Trinajstić information content (AvgIpc) is 2.90. The van der Waals surface area contributed by atoms with Crippen LogP contribution in [-0.2, 0) is 9.59 Å². The normalized spacial score (nSPS) is 27.4. The first-order chi connectivity index (χ1) is 8.68. The van der Waals surface area contributed by atoms with Gasteiger partial charge in [0.1, 0.15) is 11.4 Å². The molecule has 0 spiro atoms. The maximum absolute atomic E-state index is 12.2. The maximum Gasteiger partial charge on any atom is 0.327 e. The van der Waals surface area contributed by atoms with Crippen LogP contribution < -0.4 is 0 Å². The van der Waals surface area contributed by atoms with Crippen molar-refractivity contribution >= 4 is 23.6 Å². The van der Waals surface area contributed by atoms with Crippen LogP contribution in [0.3, 0.4) is 0 Å². The predicted octanol–water partition coefficient (Wildman–Crippen LogP) is 1.72. The molecule has 2 heterocycles. The highest BCUT2D eigenvalue weighted by atomic mass is 32.2. The van der Waals surface area contributed by atoms with E-state index in [2.05, 4.69) is 0 Å². The SMILES string of the molecule is O=C(O)[C@@H]1CS[C@@H](c2ccoc2)N1C(=O)C1CC1. The van der Waals surface area contributed by atoms with Gasteiger partial charge < -0.3 is 14.4 Å². The maximum atomic E-state index is 12.2. The molecule has 6 heteroatoms. The summed E-state index contributed by atoms with van der Waals surface area (Å²) in [6, 6.07) is 1.07. The number of thioether (sulfide) groups is 1. The van der Waals surface area contributed by atoms with Gasteiger partial charge in [-0.3, -0.25) is 4.79 Å². The lowest BCUT2D eigenvalue weighted by atomic mass is 10.2. The number of carbonyl (C=O) groups excluding carboxylic acids is 1. The molecule has 1 aromatic heterocycles. The molecule has 0 bridgehead atoms. The highest BCUT2D eigenvalue weighted by Crippen LogP contribution is 2.45. The van der Waals surface area contributed by atoms with E-state index < -0.39 is 12.0 Å². The molecule has 2 fully saturated rings. The van der Waals surface area contributed by atoms with E-state index in [4.69, 9.17) is 4.42 Å². The number of aliphatic carboxylic acids is 1. The second-order valence-corrected chi connectivity index (χ2v) is 5.73. The average molecular weight is 267 g/mol. The van der Waals surface area contributed by atoms with Crippen LogP contribution in [0.2, 0.25) is 0 Å². The van der Waals surface area contributed by atoms with Gasteiger partial charge in [-0.15, -0.1) is 11.8 Å². The topological polar surface area (TPSA) is 70.8 Å². The summed E-state index contributed by atoms with van der Waals surface area (Å²) in [5, 5.41) is 9.00. The predicted molar refractivity (Wildman–Crippen MR) is 64.9 cm³/mol. The zero-order chi connectivity index (χ0) is 12.7. The van der Waals surface area contributed by atoms with Gasteiger partial charge >= 0.3 is 5.97 Å². The number of nitrogens with zero attached hydrogens (tertiary/aromatic N) is 1. The lowest BCUT2D eigenvalue weighted by molar-refractivity contribution is -0.149. The fraction of sp³-hybridized carbons (Fsp3) is 0.500. The van der Waals surface area contributed by atoms with Crippen LogP contribution in [-0.4, -0.2) is 33.7 Å². The summed E-state index contributed by atoms with van der Waals surface area (Å²) in [4.78, 5) is 25.0. The molecule has 3 rings (SSSR count). The first-order valence-corrected chi connectivity index (χ1v) is 6.92. The lowest BCUT2D eigenvalue weighted by Gasteiger charge is -2.26. The Balaban J connectivity index is 1.89. The molecule has 1 saturated heterocycles. The molecule has 1 N–H and O–H groups in total. The van der Waals surface area contributed by atoms with E-state index in [0.717, 1.165) is 18.4 Å². The van der Waals surface area contributed by atoms with Crippen molar-refractivity contribution in [2.24, 2.45) is 5.92 Å². The van der Waals surface area contributed by atoms with E-state index >= 15 is 0 Å². The third-order valence-corrected chi connectivity index (χ3v) is 4.62. The largest absolute Gasteiger partial charge is 0.480 e. The minimum Gasteiger partial charge on any atom is -0.480 e. The molecule has 5 nitrogen and oxygen atoms in total. The Kier molecular flexibility index (Phi) is 2.81. The Labute approximate surface area is 108 Å². The Morgan fingerprint density at radius 3 is 2.78 bits per heavy atom. The van der Waals surface area contributed by atoms with Crippen molar-refractivity contribution in [3.8, 4) is 0 Å². The Hall–Kier alpha value is -1.43. The standard InChI is InChI=1S/C12H13NO4S/c14-10(7-1-2-7)13-9(12(15)16)6-18-11(13)8-3-4-17-5-8/h3-5,7,9,11H,1-2,6H2,(H,15,16)/t9-,11-/m0/s1. The summed E-state index contributed by atoms with van der Waals surface area (Å²) in [5.41, 5.74) is 0.859. The number of hydrogen-bond acceptors (Lipinski definition) is 4. The summed E-state index contributed by atoms with van der Waals surface area (Å²) in [6.07, 6.45) is 4.88. The Morgan fingerprint density at radius 1 is 1.44 bits per heavy atom. The number of carbonyl (C=O) groups is 2. The van der Waals surface area contributed by atoms with Gasteiger partial charge in [0.2, 0.25) is 5.91 Å². The molecule has 1 aliphatic heterocycles. The van der Waals surface area contributed by atoms with Crippen LogP contribution >= 0.6 is 11.8 Å². The first-order valence-electron chi connectivity index (χ1n) is 5.87. The highest BCUT2D eigenvalue weighted by molar-refractivity contribution is 7.99. The summed E-state index contributed by atoms with van der Waals surface area (Å²) in [7, 11) is 0. The quantitative estimate of drug-likeness (QED) is 0.902. The van der Waals surface area contributed by atoms with Crippen molar-refractivity contribution in [3.63, 3.8) is 0 Å². The summed E-state index contributed by atoms with van der Waals surface area (Å²) in [5.74, 6) is -0.495. The third-order valence-electron chi connectivity index (χ3n) is 3.29. The molecule has 2 atom stereocenters. The van der Waals surface area contributed by atoms with Crippen molar-refractivity contribution in [3.05, 3.63) is 24.2 Å². The van der Waals surface area contributed by atoms with Gasteiger partial charge in [-0.2, -0.15) is 0 Å². The monoisotopic (exact) mass is 267 g/mol. The van der Waals surface area contributed by atoms with Crippen molar-refractivity contribution in [1.82, 2.24) is 4.90 Å². The van der Waals surface area contributed by atoms with E-state index in [-0.39, 0.29) is 17.2 Å². The molecule has 1 saturated carbocycles. The number of carboxylic acid groups (broad SMARTS) is 1. The molecule has 0 unspecified atom stereocenters. The molecule has 1 aliphatic carbocycles. The molecular formula is C12H13NO4S. The van der Waals surface area contributed by atoms with Gasteiger partial charge in [-0.05, 0) is 18.9 Å². The zero-order valence-electron chi connectivity index (χ0n) is 9.61. The minimum atomic E-state index is -0.928. The van der Waals surface area contributed by atoms with Gasteiger partial charge in [0.25, 0.3) is 0 Å². The van der Waals surface area contributed by atoms with E-state index in [1.165, 1.54) is 16.7 Å². The molecule has 18 heavy (non-hydrogen) atoms. The van der Waals surface area contributed by atoms with Crippen molar-refractivity contribution in [2.45, 2.75) is 24.3 Å². The van der Waals surface area contributed by atoms with Gasteiger partial charge in [-0.1, -0.05) is 0 Å². The molecule has 1 amide bonds. The number of furan rings is 1. The van der Waals surface area contributed by atoms with Gasteiger partial charge in [0.05, 0.1) is 12.5 Å². The molecule has 0 aromatic carbocycles. The second-order valence-electron chi connectivity index (χ2n) is 4.62. The minimum absolute atomic E-state index is 0.0277. The van der Waals surface area contributed by atoms with Crippen LogP contribution in [0.1, 0.15) is 23.8 Å². The highest BCUT2D eigenvalue weighted by Gasteiger charge is 2.46. The first kappa shape index (κ1) is 11.6. The molecular weight excluding hydrogens is 254 g/mol. The fourth-order valence-electron chi connectivity index (χ4n) is 2.18. The lowest BCUT2D eigenvalue weighted by Crippen LogP contribution is -2.43. The van der Waals surface area contributed by atoms with Gasteiger partial charge in [0.15, 0.2) is 0 Å². The van der Waals surface area contributed by atoms with Crippen molar-refractivity contribution in [2.75, 3.05) is 5.75 Å². The molecule has 96 valence electrons. The van der Waals surface area contributed by atoms with Crippen LogP contribution in [0.25, 0.3) is 0 Å². The van der Waals surface area contributed by atoms with E-state index in [1.54, 1.807) is 18.6 Å². The summed E-state index contributed by atoms with van der Waals surface area (Å²) >= 11 is 1.48. The van der Waals surface area contributed by atoms with Crippen molar-refractivity contribution in [1.29, 1.82) is 0 Å². The van der Waals surface area contributed by atoms with E-state index in [9.17, 15) is 14.7 Å². The van der Waals surface area contributed by atoms with E-state index in [0.29, 0.717) is 5.75 Å². The third kappa shape index (κ3) is 1.90. The van der Waals surface area contributed by atoms with Crippen LogP contribution in [0, 0.1) is 5.92 Å². The van der Waals surface area contributed by atoms with Crippen LogP contribution in [0.15, 0.2) is 23.0 Å². The Morgan fingerprint density at radius 2 is 2.22 bits per heavy atom. The van der Waals surface area contributed by atoms with Gasteiger partial charge in [0, 0.05) is 17.2 Å². The van der Waals surface area contributed by atoms with Crippen molar-refractivity contribution < 1.29 is 19.1 Å². The smallest absolute Gasteiger partial charge is 0.327 e. The van der Waals surface area contributed by atoms with Crippen LogP contribution in [0.4, 0.5) is 0 Å². The summed E-state index contributed by atoms with van der Waals surface area (Å²) < 4.78 is 5.03. The number of rotatable bonds is 3.